The molecule has 5 heterocycles. The molecule has 4 nitrogen and oxygen atoms in total. The van der Waals surface area contributed by atoms with Crippen LogP contribution < -0.4 is 31.1 Å². The van der Waals surface area contributed by atoms with E-state index in [0.717, 1.165) is 53.3 Å². The van der Waals surface area contributed by atoms with Gasteiger partial charge in [-0.1, -0.05) is 193 Å². The summed E-state index contributed by atoms with van der Waals surface area (Å²) in [5, 5.41) is 4.91. The molecule has 2 atom stereocenters. The van der Waals surface area contributed by atoms with Gasteiger partial charge < -0.3 is 19.1 Å². The number of thiophene rings is 1. The van der Waals surface area contributed by atoms with Crippen LogP contribution in [0.1, 0.15) is 173 Å². The smallest absolute Gasteiger partial charge is 0.252 e. The van der Waals surface area contributed by atoms with E-state index >= 15 is 0 Å². The predicted octanol–water partition coefficient (Wildman–Crippen LogP) is 20.4. The second-order valence-electron chi connectivity index (χ2n) is 30.6. The Kier molecular flexibility index (Phi) is 10.5. The summed E-state index contributed by atoms with van der Waals surface area (Å²) in [4.78, 5) is 8.39. The number of para-hydroxylation sites is 1. The topological polar surface area (TPSA) is 22.9 Å². The number of hydrogen-bond acceptors (Lipinski definition) is 5. The molecular weight excluding hydrogens is 1060 g/mol. The SMILES string of the molecule is CC(C)(C)c1ccc2c(c1)C1(C)CCCCC1(C)N2c1cc2c3c(c1)N(c1cccc4sc5ccccc5c14)c1cc4c(cc1B3c1cc3c(cc1N2c1cccc2oc5ccccc5c12)C(C)(C)CCC3(C)C)C(C)(C)c1ccccc1C4(C)C. The third-order valence-electron chi connectivity index (χ3n) is 23.3. The standard InChI is InChI=1S/C80H78BN3OS/c1-74(2,3)47-34-35-60-57(40-47)79(12)36-20-21-37-80(79,13)84(60)48-41-65-73-66(42-48)83(62-29-23-33-70-72(62)50-25-15-19-32-69(50)86-70)64-46-56-55(77(8,9)51-26-16-17-27-52(51)78(56,10)11)44-59(64)81(73)58-43-53-54(76(6,7)39-38-75(53,4)5)45-63(58)82(65)61-28-22-31-68-71(61)49-24-14-18-30-67(49)85-68/h14-19,22-35,40-46H,20-21,36-39H2,1-13H3. The van der Waals surface area contributed by atoms with Gasteiger partial charge in [-0.25, -0.2) is 0 Å². The summed E-state index contributed by atoms with van der Waals surface area (Å²) in [5.74, 6) is 0. The average molecular weight is 1140 g/mol. The first-order chi connectivity index (χ1) is 41.0. The van der Waals surface area contributed by atoms with Crippen LogP contribution in [0.15, 0.2) is 168 Å². The van der Waals surface area contributed by atoms with Gasteiger partial charge in [0.15, 0.2) is 0 Å². The fourth-order valence-corrected chi connectivity index (χ4v) is 19.2. The number of fused-ring (bicyclic) bond motifs is 16. The van der Waals surface area contributed by atoms with E-state index in [1.807, 2.05) is 11.3 Å². The van der Waals surface area contributed by atoms with E-state index in [2.05, 4.69) is 269 Å². The summed E-state index contributed by atoms with van der Waals surface area (Å²) >= 11 is 1.92. The quantitative estimate of drug-likeness (QED) is 0.164. The molecule has 0 radical (unpaired) electrons. The molecule has 86 heavy (non-hydrogen) atoms. The molecular formula is C80H78BN3OS. The van der Waals surface area contributed by atoms with Gasteiger partial charge in [-0.3, -0.25) is 0 Å². The van der Waals surface area contributed by atoms with Crippen LogP contribution in [-0.2, 0) is 32.5 Å². The molecule has 0 N–H and O–H groups in total. The highest BCUT2D eigenvalue weighted by molar-refractivity contribution is 7.26. The normalized spacial score (nSPS) is 21.6. The van der Waals surface area contributed by atoms with Crippen molar-refractivity contribution in [2.45, 2.75) is 167 Å². The van der Waals surface area contributed by atoms with Crippen LogP contribution >= 0.6 is 11.3 Å². The van der Waals surface area contributed by atoms with E-state index in [-0.39, 0.29) is 44.7 Å². The maximum atomic E-state index is 6.91. The fourth-order valence-electron chi connectivity index (χ4n) is 18.1. The van der Waals surface area contributed by atoms with Crippen molar-refractivity contribution in [3.8, 4) is 0 Å². The molecule has 6 heteroatoms. The van der Waals surface area contributed by atoms with Crippen molar-refractivity contribution in [2.24, 2.45) is 0 Å². The summed E-state index contributed by atoms with van der Waals surface area (Å²) in [5.41, 5.74) is 26.6. The van der Waals surface area contributed by atoms with E-state index in [0.29, 0.717) is 0 Å². The molecule has 428 valence electrons. The molecule has 11 aromatic rings. The summed E-state index contributed by atoms with van der Waals surface area (Å²) in [6.07, 6.45) is 6.95. The Bertz CT molecular complexity index is 4790. The van der Waals surface area contributed by atoms with Crippen LogP contribution in [0.25, 0.3) is 42.1 Å². The van der Waals surface area contributed by atoms with E-state index in [9.17, 15) is 0 Å². The van der Waals surface area contributed by atoms with Gasteiger partial charge in [0.2, 0.25) is 0 Å². The van der Waals surface area contributed by atoms with Gasteiger partial charge in [-0.15, -0.1) is 11.3 Å². The first-order valence-electron chi connectivity index (χ1n) is 32.0. The molecule has 2 unspecified atom stereocenters. The average Bonchev–Trinajstić information content (AvgIpc) is 0.886. The second kappa shape index (κ2) is 17.2. The lowest BCUT2D eigenvalue weighted by Crippen LogP contribution is -2.62. The van der Waals surface area contributed by atoms with Gasteiger partial charge in [0, 0.05) is 75.9 Å². The molecule has 3 aliphatic heterocycles. The van der Waals surface area contributed by atoms with Crippen LogP contribution in [-0.4, -0.2) is 12.3 Å². The largest absolute Gasteiger partial charge is 0.456 e. The molecule has 0 spiro atoms. The van der Waals surface area contributed by atoms with Gasteiger partial charge in [0.05, 0.1) is 22.3 Å². The Morgan fingerprint density at radius 1 is 0.430 bits per heavy atom. The zero-order valence-corrected chi connectivity index (χ0v) is 53.4. The number of rotatable bonds is 3. The Hall–Kier alpha value is -7.54. The Morgan fingerprint density at radius 3 is 1.66 bits per heavy atom. The first kappa shape index (κ1) is 52.8. The molecule has 17 rings (SSSR count). The molecule has 3 aliphatic carbocycles. The highest BCUT2D eigenvalue weighted by atomic mass is 32.1. The van der Waals surface area contributed by atoms with E-state index in [1.54, 1.807) is 0 Å². The Labute approximate surface area is 512 Å². The third-order valence-corrected chi connectivity index (χ3v) is 24.4. The number of hydrogen-bond donors (Lipinski definition) is 0. The van der Waals surface area contributed by atoms with Crippen molar-refractivity contribution in [3.05, 3.63) is 208 Å². The van der Waals surface area contributed by atoms with Crippen LogP contribution in [0.5, 0.6) is 0 Å². The minimum atomic E-state index is -0.274. The van der Waals surface area contributed by atoms with Crippen molar-refractivity contribution in [3.63, 3.8) is 0 Å². The van der Waals surface area contributed by atoms with Gasteiger partial charge in [-0.2, -0.15) is 0 Å². The van der Waals surface area contributed by atoms with Crippen LogP contribution in [0, 0.1) is 0 Å². The number of furan rings is 1. The lowest BCUT2D eigenvalue weighted by molar-refractivity contribution is 0.195. The molecule has 0 saturated heterocycles. The van der Waals surface area contributed by atoms with Crippen molar-refractivity contribution in [1.29, 1.82) is 0 Å². The van der Waals surface area contributed by atoms with Crippen molar-refractivity contribution >= 4 is 122 Å². The maximum Gasteiger partial charge on any atom is 0.252 e. The third kappa shape index (κ3) is 6.78. The number of benzene rings is 9. The van der Waals surface area contributed by atoms with Crippen molar-refractivity contribution in [1.82, 2.24) is 0 Å². The monoisotopic (exact) mass is 1140 g/mol. The summed E-state index contributed by atoms with van der Waals surface area (Å²) in [6, 6.07) is 64.9. The lowest BCUT2D eigenvalue weighted by atomic mass is 9.32. The molecule has 0 amide bonds. The van der Waals surface area contributed by atoms with Crippen LogP contribution in [0.3, 0.4) is 0 Å². The molecule has 2 aromatic heterocycles. The highest BCUT2D eigenvalue weighted by Gasteiger charge is 2.59. The first-order valence-corrected chi connectivity index (χ1v) is 32.8. The van der Waals surface area contributed by atoms with E-state index in [1.165, 1.54) is 134 Å². The molecule has 9 aromatic carbocycles. The maximum absolute atomic E-state index is 6.91. The second-order valence-corrected chi connectivity index (χ2v) is 31.7. The highest BCUT2D eigenvalue weighted by Crippen LogP contribution is 2.63. The minimum absolute atomic E-state index is 0.00973. The molecule has 6 aliphatic rings. The lowest BCUT2D eigenvalue weighted by Gasteiger charge is -2.52. The summed E-state index contributed by atoms with van der Waals surface area (Å²) in [6.45, 7) is 32.3. The van der Waals surface area contributed by atoms with E-state index < -0.39 is 0 Å². The zero-order chi connectivity index (χ0) is 59.1. The van der Waals surface area contributed by atoms with Gasteiger partial charge in [0.1, 0.15) is 11.2 Å². The predicted molar refractivity (Wildman–Crippen MR) is 368 cm³/mol. The molecule has 1 fully saturated rings. The summed E-state index contributed by atoms with van der Waals surface area (Å²) in [7, 11) is 0. The van der Waals surface area contributed by atoms with Crippen LogP contribution in [0.2, 0.25) is 0 Å². The van der Waals surface area contributed by atoms with Crippen LogP contribution in [0.4, 0.5) is 45.5 Å². The number of anilines is 8. The molecule has 0 bridgehead atoms. The van der Waals surface area contributed by atoms with Gasteiger partial charge in [-0.05, 0) is 176 Å². The Balaban J connectivity index is 1.07. The number of nitrogens with zero attached hydrogens (tertiary/aromatic N) is 3. The Morgan fingerprint density at radius 2 is 0.977 bits per heavy atom. The zero-order valence-electron chi connectivity index (χ0n) is 52.6. The van der Waals surface area contributed by atoms with Crippen molar-refractivity contribution < 1.29 is 4.42 Å². The van der Waals surface area contributed by atoms with E-state index in [4.69, 9.17) is 4.42 Å². The molecule has 1 saturated carbocycles. The summed E-state index contributed by atoms with van der Waals surface area (Å²) < 4.78 is 9.53. The van der Waals surface area contributed by atoms with Crippen molar-refractivity contribution in [2.75, 3.05) is 14.7 Å². The fraction of sp³-hybridized carbons (Fsp3) is 0.325. The van der Waals surface area contributed by atoms with Gasteiger partial charge >= 0.3 is 0 Å². The minimum Gasteiger partial charge on any atom is -0.456 e. The van der Waals surface area contributed by atoms with Gasteiger partial charge in [0.25, 0.3) is 6.71 Å².